The van der Waals surface area contributed by atoms with Gasteiger partial charge in [0, 0.05) is 6.08 Å². The molecule has 0 spiro atoms. The monoisotopic (exact) mass is 452 g/mol. The number of esters is 1. The first kappa shape index (κ1) is 26.1. The Bertz CT molecular complexity index is 609. The van der Waals surface area contributed by atoms with Crippen molar-refractivity contribution in [2.24, 2.45) is 0 Å². The highest BCUT2D eigenvalue weighted by Gasteiger charge is 2.50. The zero-order valence-corrected chi connectivity index (χ0v) is 17.4. The second kappa shape index (κ2) is 11.6. The van der Waals surface area contributed by atoms with Crippen LogP contribution >= 0.6 is 0 Å². The largest absolute Gasteiger partial charge is 0.463 e. The molecular formula is C19H32O12. The van der Waals surface area contributed by atoms with Crippen molar-refractivity contribution in [3.8, 4) is 0 Å². The summed E-state index contributed by atoms with van der Waals surface area (Å²) in [5.74, 6) is -0.562. The van der Waals surface area contributed by atoms with Gasteiger partial charge < -0.3 is 54.7 Å². The van der Waals surface area contributed by atoms with E-state index in [2.05, 4.69) is 0 Å². The average Bonchev–Trinajstić information content (AvgIpc) is 2.73. The zero-order chi connectivity index (χ0) is 23.3. The van der Waals surface area contributed by atoms with Crippen LogP contribution in [0, 0.1) is 0 Å². The minimum atomic E-state index is -1.73. The maximum absolute atomic E-state index is 11.6. The minimum Gasteiger partial charge on any atom is -0.463 e. The van der Waals surface area contributed by atoms with Crippen molar-refractivity contribution >= 4 is 5.97 Å². The van der Waals surface area contributed by atoms with E-state index in [1.54, 1.807) is 13.8 Å². The lowest BCUT2D eigenvalue weighted by molar-refractivity contribution is -0.341. The number of aliphatic hydroxyl groups excluding tert-OH is 7. The summed E-state index contributed by atoms with van der Waals surface area (Å²) < 4.78 is 21.2. The standard InChI is InChI=1S/C19H32O12/c1-3-28-12(22)5-8(2)4-9-13(23)16(26)18(11(7-21)29-9)31-19-17(27)15(25)14(24)10(6-20)30-19/h5,9-11,13-21,23-27H,3-4,6-7H2,1-2H3/b8-5+/t9-,10+,11+,13-,14-,15-,16+,17+,18+,19?/m0/s1. The van der Waals surface area contributed by atoms with Crippen LogP contribution in [0.15, 0.2) is 11.6 Å². The van der Waals surface area contributed by atoms with Crippen molar-refractivity contribution in [1.82, 2.24) is 0 Å². The maximum atomic E-state index is 11.6. The molecule has 12 nitrogen and oxygen atoms in total. The van der Waals surface area contributed by atoms with Gasteiger partial charge in [0.1, 0.15) is 48.8 Å². The van der Waals surface area contributed by atoms with E-state index >= 15 is 0 Å². The molecule has 2 heterocycles. The van der Waals surface area contributed by atoms with Crippen molar-refractivity contribution < 1.29 is 59.5 Å². The van der Waals surface area contributed by atoms with Crippen LogP contribution in [0.3, 0.4) is 0 Å². The summed E-state index contributed by atoms with van der Waals surface area (Å²) in [5, 5.41) is 69.9. The Balaban J connectivity index is 2.09. The van der Waals surface area contributed by atoms with Crippen LogP contribution in [0.1, 0.15) is 20.3 Å². The molecular weight excluding hydrogens is 420 g/mol. The number of hydrogen-bond acceptors (Lipinski definition) is 12. The van der Waals surface area contributed by atoms with Crippen LogP contribution in [-0.4, -0.2) is 123 Å². The van der Waals surface area contributed by atoms with Crippen molar-refractivity contribution in [2.45, 2.75) is 81.5 Å². The normalized spacial score (nSPS) is 41.8. The molecule has 31 heavy (non-hydrogen) atoms. The third-order valence-corrected chi connectivity index (χ3v) is 5.28. The van der Waals surface area contributed by atoms with Gasteiger partial charge in [-0.1, -0.05) is 5.57 Å². The molecule has 1 unspecified atom stereocenters. The molecule has 7 N–H and O–H groups in total. The van der Waals surface area contributed by atoms with Crippen LogP contribution in [-0.2, 0) is 23.7 Å². The van der Waals surface area contributed by atoms with Crippen LogP contribution < -0.4 is 0 Å². The van der Waals surface area contributed by atoms with E-state index in [1.165, 1.54) is 6.08 Å². The van der Waals surface area contributed by atoms with E-state index in [-0.39, 0.29) is 13.0 Å². The van der Waals surface area contributed by atoms with Crippen molar-refractivity contribution in [3.05, 3.63) is 11.6 Å². The first-order valence-electron chi connectivity index (χ1n) is 10.1. The minimum absolute atomic E-state index is 0.0559. The number of hydrogen-bond donors (Lipinski definition) is 7. The van der Waals surface area contributed by atoms with E-state index in [4.69, 9.17) is 18.9 Å². The first-order chi connectivity index (χ1) is 14.6. The van der Waals surface area contributed by atoms with Gasteiger partial charge in [0.2, 0.25) is 0 Å². The van der Waals surface area contributed by atoms with Crippen LogP contribution in [0.25, 0.3) is 0 Å². The summed E-state index contributed by atoms with van der Waals surface area (Å²) in [7, 11) is 0. The average molecular weight is 452 g/mol. The molecule has 12 heteroatoms. The lowest BCUT2D eigenvalue weighted by Crippen LogP contribution is -2.64. The topological polar surface area (TPSA) is 196 Å². The maximum Gasteiger partial charge on any atom is 0.330 e. The van der Waals surface area contributed by atoms with Gasteiger partial charge in [-0.25, -0.2) is 4.79 Å². The summed E-state index contributed by atoms with van der Waals surface area (Å²) in [5.41, 5.74) is 0.514. The molecule has 2 fully saturated rings. The van der Waals surface area contributed by atoms with Crippen LogP contribution in [0.2, 0.25) is 0 Å². The molecule has 2 saturated heterocycles. The highest BCUT2D eigenvalue weighted by Crippen LogP contribution is 2.30. The predicted molar refractivity (Wildman–Crippen MR) is 101 cm³/mol. The molecule has 0 amide bonds. The van der Waals surface area contributed by atoms with E-state index < -0.39 is 80.4 Å². The fourth-order valence-electron chi connectivity index (χ4n) is 3.60. The summed E-state index contributed by atoms with van der Waals surface area (Å²) in [6.45, 7) is 2.18. The molecule has 0 radical (unpaired) electrons. The van der Waals surface area contributed by atoms with E-state index in [9.17, 15) is 40.5 Å². The molecule has 2 aliphatic rings. The summed E-state index contributed by atoms with van der Waals surface area (Å²) in [4.78, 5) is 11.6. The summed E-state index contributed by atoms with van der Waals surface area (Å²) in [6, 6.07) is 0. The molecule has 180 valence electrons. The van der Waals surface area contributed by atoms with Gasteiger partial charge in [0.05, 0.1) is 25.9 Å². The molecule has 2 rings (SSSR count). The van der Waals surface area contributed by atoms with Crippen molar-refractivity contribution in [3.63, 3.8) is 0 Å². The van der Waals surface area contributed by atoms with E-state index in [0.717, 1.165) is 0 Å². The fourth-order valence-corrected chi connectivity index (χ4v) is 3.60. The Labute approximate surface area is 179 Å². The smallest absolute Gasteiger partial charge is 0.330 e. The summed E-state index contributed by atoms with van der Waals surface area (Å²) in [6.07, 6.45) is -13.1. The molecule has 0 aromatic rings. The highest BCUT2D eigenvalue weighted by molar-refractivity contribution is 5.82. The number of aliphatic hydroxyl groups is 7. The fraction of sp³-hybridized carbons (Fsp3) is 0.842. The SMILES string of the molecule is CCOC(=O)/C=C(\C)C[C@@H]1O[C@H](CO)[C@@H](OC2O[C@H](CO)[C@H](O)[C@H](O)[C@H]2O)[C@H](O)[C@H]1O. The number of carbonyl (C=O) groups is 1. The van der Waals surface area contributed by atoms with Crippen LogP contribution in [0.4, 0.5) is 0 Å². The van der Waals surface area contributed by atoms with Gasteiger partial charge in [-0.3, -0.25) is 0 Å². The predicted octanol–water partition coefficient (Wildman–Crippen LogP) is -3.45. The van der Waals surface area contributed by atoms with Gasteiger partial charge in [-0.2, -0.15) is 0 Å². The Morgan fingerprint density at radius 2 is 1.48 bits per heavy atom. The summed E-state index contributed by atoms with van der Waals surface area (Å²) >= 11 is 0. The van der Waals surface area contributed by atoms with Gasteiger partial charge >= 0.3 is 5.97 Å². The third-order valence-electron chi connectivity index (χ3n) is 5.28. The molecule has 0 aromatic carbocycles. The second-order valence-electron chi connectivity index (χ2n) is 7.62. The Kier molecular flexibility index (Phi) is 9.76. The van der Waals surface area contributed by atoms with Gasteiger partial charge in [0.25, 0.3) is 0 Å². The van der Waals surface area contributed by atoms with Gasteiger partial charge in [-0.05, 0) is 20.3 Å². The molecule has 0 aromatic heterocycles. The van der Waals surface area contributed by atoms with Crippen molar-refractivity contribution in [2.75, 3.05) is 19.8 Å². The molecule has 2 aliphatic heterocycles. The van der Waals surface area contributed by atoms with Crippen LogP contribution in [0.5, 0.6) is 0 Å². The molecule has 0 bridgehead atoms. The number of carbonyl (C=O) groups excluding carboxylic acids is 1. The number of rotatable bonds is 8. The first-order valence-corrected chi connectivity index (χ1v) is 10.1. The Morgan fingerprint density at radius 3 is 2.06 bits per heavy atom. The quantitative estimate of drug-likeness (QED) is 0.142. The second-order valence-corrected chi connectivity index (χ2v) is 7.62. The van der Waals surface area contributed by atoms with Crippen molar-refractivity contribution in [1.29, 1.82) is 0 Å². The molecule has 10 atom stereocenters. The zero-order valence-electron chi connectivity index (χ0n) is 17.4. The molecule has 0 saturated carbocycles. The molecule has 0 aliphatic carbocycles. The third kappa shape index (κ3) is 6.20. The van der Waals surface area contributed by atoms with Gasteiger partial charge in [0.15, 0.2) is 6.29 Å². The lowest BCUT2D eigenvalue weighted by atomic mass is 9.91. The van der Waals surface area contributed by atoms with Gasteiger partial charge in [-0.15, -0.1) is 0 Å². The number of ether oxygens (including phenoxy) is 4. The van der Waals surface area contributed by atoms with E-state index in [1.807, 2.05) is 0 Å². The highest BCUT2D eigenvalue weighted by atomic mass is 16.7. The Morgan fingerprint density at radius 1 is 0.871 bits per heavy atom. The Hall–Kier alpha value is -1.19. The van der Waals surface area contributed by atoms with E-state index in [0.29, 0.717) is 5.57 Å². The lowest BCUT2D eigenvalue weighted by Gasteiger charge is -2.46.